The Morgan fingerprint density at radius 3 is 2.94 bits per heavy atom. The fourth-order valence-corrected chi connectivity index (χ4v) is 2.39. The van der Waals surface area contributed by atoms with E-state index >= 15 is 0 Å². The third-order valence-electron chi connectivity index (χ3n) is 3.07. The molecule has 1 aliphatic heterocycles. The molecule has 2 unspecified atom stereocenters. The van der Waals surface area contributed by atoms with Crippen LogP contribution >= 0.6 is 0 Å². The van der Waals surface area contributed by atoms with Gasteiger partial charge in [0, 0.05) is 18.8 Å². The van der Waals surface area contributed by atoms with Crippen LogP contribution in [0.5, 0.6) is 0 Å². The lowest BCUT2D eigenvalue weighted by Crippen LogP contribution is -2.40. The van der Waals surface area contributed by atoms with E-state index in [1.807, 2.05) is 6.07 Å². The number of anilines is 1. The third kappa shape index (κ3) is 2.36. The third-order valence-corrected chi connectivity index (χ3v) is 3.07. The summed E-state index contributed by atoms with van der Waals surface area (Å²) in [5, 5.41) is 18.4. The van der Waals surface area contributed by atoms with E-state index < -0.39 is 6.10 Å². The van der Waals surface area contributed by atoms with E-state index in [-0.39, 0.29) is 6.61 Å². The molecular formula is C13H19NO2. The Balaban J connectivity index is 2.20. The first-order valence-corrected chi connectivity index (χ1v) is 5.82. The van der Waals surface area contributed by atoms with Crippen molar-refractivity contribution in [1.82, 2.24) is 0 Å². The molecule has 16 heavy (non-hydrogen) atoms. The van der Waals surface area contributed by atoms with E-state index in [0.29, 0.717) is 12.5 Å². The van der Waals surface area contributed by atoms with Gasteiger partial charge in [0.1, 0.15) is 0 Å². The van der Waals surface area contributed by atoms with Gasteiger partial charge in [-0.25, -0.2) is 0 Å². The maximum atomic E-state index is 9.53. The standard InChI is InChI=1S/C13H19NO2/c1-10-6-11-4-2-3-5-13(11)14(7-10)8-12(16)9-15/h2-5,10,12,15-16H,6-9H2,1H3. The summed E-state index contributed by atoms with van der Waals surface area (Å²) in [6.45, 7) is 3.51. The van der Waals surface area contributed by atoms with E-state index in [0.717, 1.165) is 13.0 Å². The van der Waals surface area contributed by atoms with Gasteiger partial charge in [-0.2, -0.15) is 0 Å². The minimum atomic E-state index is -0.654. The smallest absolute Gasteiger partial charge is 0.0945 e. The van der Waals surface area contributed by atoms with Crippen LogP contribution in [0.4, 0.5) is 5.69 Å². The molecule has 0 fully saturated rings. The van der Waals surface area contributed by atoms with Crippen molar-refractivity contribution in [3.8, 4) is 0 Å². The average molecular weight is 221 g/mol. The van der Waals surface area contributed by atoms with Gasteiger partial charge in [0.15, 0.2) is 0 Å². The van der Waals surface area contributed by atoms with Gasteiger partial charge in [-0.05, 0) is 24.0 Å². The van der Waals surface area contributed by atoms with E-state index in [2.05, 4.69) is 30.0 Å². The van der Waals surface area contributed by atoms with Gasteiger partial charge >= 0.3 is 0 Å². The molecule has 0 spiro atoms. The zero-order valence-electron chi connectivity index (χ0n) is 9.63. The zero-order valence-corrected chi connectivity index (χ0v) is 9.63. The van der Waals surface area contributed by atoms with E-state index in [9.17, 15) is 5.11 Å². The second-order valence-corrected chi connectivity index (χ2v) is 4.68. The fraction of sp³-hybridized carbons (Fsp3) is 0.538. The Bertz CT molecular complexity index is 354. The van der Waals surface area contributed by atoms with Crippen molar-refractivity contribution in [2.24, 2.45) is 5.92 Å². The molecule has 3 heteroatoms. The number of aliphatic hydroxyl groups excluding tert-OH is 2. The molecule has 2 rings (SSSR count). The molecule has 3 nitrogen and oxygen atoms in total. The summed E-state index contributed by atoms with van der Waals surface area (Å²) in [7, 11) is 0. The average Bonchev–Trinajstić information content (AvgIpc) is 2.28. The molecule has 0 radical (unpaired) electrons. The van der Waals surface area contributed by atoms with Crippen LogP contribution in [0.2, 0.25) is 0 Å². The fourth-order valence-electron chi connectivity index (χ4n) is 2.39. The Labute approximate surface area is 96.3 Å². The van der Waals surface area contributed by atoms with Crippen LogP contribution in [-0.2, 0) is 6.42 Å². The highest BCUT2D eigenvalue weighted by Crippen LogP contribution is 2.29. The summed E-state index contributed by atoms with van der Waals surface area (Å²) < 4.78 is 0. The maximum Gasteiger partial charge on any atom is 0.0945 e. The summed E-state index contributed by atoms with van der Waals surface area (Å²) in [5.74, 6) is 0.598. The Morgan fingerprint density at radius 1 is 1.44 bits per heavy atom. The highest BCUT2D eigenvalue weighted by atomic mass is 16.3. The van der Waals surface area contributed by atoms with E-state index in [4.69, 9.17) is 5.11 Å². The van der Waals surface area contributed by atoms with Crippen molar-refractivity contribution >= 4 is 5.69 Å². The highest BCUT2D eigenvalue weighted by molar-refractivity contribution is 5.55. The van der Waals surface area contributed by atoms with Crippen molar-refractivity contribution < 1.29 is 10.2 Å². The molecule has 0 bridgehead atoms. The van der Waals surface area contributed by atoms with Crippen molar-refractivity contribution in [1.29, 1.82) is 0 Å². The molecule has 0 amide bonds. The lowest BCUT2D eigenvalue weighted by Gasteiger charge is -2.35. The second kappa shape index (κ2) is 4.85. The molecule has 0 saturated carbocycles. The number of aliphatic hydroxyl groups is 2. The predicted octanol–water partition coefficient (Wildman–Crippen LogP) is 1.04. The topological polar surface area (TPSA) is 43.7 Å². The van der Waals surface area contributed by atoms with Gasteiger partial charge in [0.05, 0.1) is 12.7 Å². The number of fused-ring (bicyclic) bond motifs is 1. The zero-order chi connectivity index (χ0) is 11.5. The normalized spacial score (nSPS) is 21.7. The minimum Gasteiger partial charge on any atom is -0.394 e. The Kier molecular flexibility index (Phi) is 3.46. The van der Waals surface area contributed by atoms with Gasteiger partial charge in [0.25, 0.3) is 0 Å². The molecule has 1 heterocycles. The first-order chi connectivity index (χ1) is 7.70. The molecule has 1 aromatic rings. The van der Waals surface area contributed by atoms with Gasteiger partial charge in [-0.15, -0.1) is 0 Å². The number of para-hydroxylation sites is 1. The van der Waals surface area contributed by atoms with Crippen LogP contribution in [0.3, 0.4) is 0 Å². The van der Waals surface area contributed by atoms with Crippen molar-refractivity contribution in [2.75, 3.05) is 24.6 Å². The molecule has 2 atom stereocenters. The highest BCUT2D eigenvalue weighted by Gasteiger charge is 2.22. The van der Waals surface area contributed by atoms with Gasteiger partial charge < -0.3 is 15.1 Å². The maximum absolute atomic E-state index is 9.53. The number of hydrogen-bond donors (Lipinski definition) is 2. The monoisotopic (exact) mass is 221 g/mol. The van der Waals surface area contributed by atoms with Crippen LogP contribution in [-0.4, -0.2) is 36.0 Å². The largest absolute Gasteiger partial charge is 0.394 e. The summed E-state index contributed by atoms with van der Waals surface area (Å²) >= 11 is 0. The number of nitrogens with zero attached hydrogens (tertiary/aromatic N) is 1. The first kappa shape index (κ1) is 11.4. The molecule has 0 aliphatic carbocycles. The molecule has 2 N–H and O–H groups in total. The summed E-state index contributed by atoms with van der Waals surface area (Å²) in [6.07, 6.45) is 0.445. The number of β-amino-alcohol motifs (C(OH)–C–C–N with tert-alkyl or cyclic N) is 1. The lowest BCUT2D eigenvalue weighted by molar-refractivity contribution is 0.0990. The van der Waals surface area contributed by atoms with Gasteiger partial charge in [-0.3, -0.25) is 0 Å². The van der Waals surface area contributed by atoms with Gasteiger partial charge in [0.2, 0.25) is 0 Å². The molecule has 1 aromatic carbocycles. The first-order valence-electron chi connectivity index (χ1n) is 5.82. The lowest BCUT2D eigenvalue weighted by atomic mass is 9.94. The summed E-state index contributed by atoms with van der Waals surface area (Å²) in [6, 6.07) is 8.30. The van der Waals surface area contributed by atoms with Crippen molar-refractivity contribution in [3.05, 3.63) is 29.8 Å². The van der Waals surface area contributed by atoms with Crippen LogP contribution < -0.4 is 4.90 Å². The van der Waals surface area contributed by atoms with Crippen LogP contribution in [0.25, 0.3) is 0 Å². The minimum absolute atomic E-state index is 0.174. The second-order valence-electron chi connectivity index (χ2n) is 4.68. The molecular weight excluding hydrogens is 202 g/mol. The quantitative estimate of drug-likeness (QED) is 0.801. The number of rotatable bonds is 3. The molecule has 0 saturated heterocycles. The summed E-state index contributed by atoms with van der Waals surface area (Å²) in [4.78, 5) is 2.17. The molecule has 1 aliphatic rings. The van der Waals surface area contributed by atoms with Crippen LogP contribution in [0.15, 0.2) is 24.3 Å². The predicted molar refractivity (Wildman–Crippen MR) is 64.6 cm³/mol. The van der Waals surface area contributed by atoms with Crippen LogP contribution in [0.1, 0.15) is 12.5 Å². The molecule has 88 valence electrons. The van der Waals surface area contributed by atoms with Crippen molar-refractivity contribution in [2.45, 2.75) is 19.4 Å². The Morgan fingerprint density at radius 2 is 2.19 bits per heavy atom. The van der Waals surface area contributed by atoms with E-state index in [1.165, 1.54) is 11.3 Å². The van der Waals surface area contributed by atoms with Crippen molar-refractivity contribution in [3.63, 3.8) is 0 Å². The molecule has 0 aromatic heterocycles. The number of hydrogen-bond acceptors (Lipinski definition) is 3. The van der Waals surface area contributed by atoms with Crippen LogP contribution in [0, 0.1) is 5.92 Å². The number of benzene rings is 1. The Hall–Kier alpha value is -1.06. The summed E-state index contributed by atoms with van der Waals surface area (Å²) in [5.41, 5.74) is 2.54. The SMILES string of the molecule is CC1Cc2ccccc2N(CC(O)CO)C1. The van der Waals surface area contributed by atoms with Gasteiger partial charge in [-0.1, -0.05) is 25.1 Å². The van der Waals surface area contributed by atoms with E-state index in [1.54, 1.807) is 0 Å².